The quantitative estimate of drug-likeness (QED) is 0.697. The monoisotopic (exact) mass is 381 g/mol. The minimum atomic E-state index is -0.283. The number of halogens is 2. The number of nitrogens with zero attached hydrogens (tertiary/aromatic N) is 1. The van der Waals surface area contributed by atoms with Crippen LogP contribution in [-0.2, 0) is 11.3 Å². The van der Waals surface area contributed by atoms with E-state index in [-0.39, 0.29) is 17.0 Å². The molecule has 1 amide bonds. The van der Waals surface area contributed by atoms with Crippen LogP contribution >= 0.6 is 27.7 Å². The fraction of sp³-hybridized carbons (Fsp3) is 0.235. The van der Waals surface area contributed by atoms with Crippen LogP contribution in [0.15, 0.2) is 57.9 Å². The van der Waals surface area contributed by atoms with E-state index in [4.69, 9.17) is 0 Å². The van der Waals surface area contributed by atoms with Gasteiger partial charge in [0.25, 0.3) is 0 Å². The van der Waals surface area contributed by atoms with Crippen LogP contribution in [0.1, 0.15) is 12.5 Å². The standard InChI is InChI=1S/C17H17BrFNOS/c1-12(22-16-9-4-3-8-15(16)18)17(21)20(2)11-13-6-5-7-14(19)10-13/h3-10,12H,11H2,1-2H3. The third kappa shape index (κ3) is 4.58. The summed E-state index contributed by atoms with van der Waals surface area (Å²) in [6, 6.07) is 14.1. The molecule has 0 aliphatic heterocycles. The molecule has 1 atom stereocenters. The summed E-state index contributed by atoms with van der Waals surface area (Å²) in [6.45, 7) is 2.28. The van der Waals surface area contributed by atoms with Gasteiger partial charge in [-0.25, -0.2) is 4.39 Å². The van der Waals surface area contributed by atoms with Gasteiger partial charge in [0.2, 0.25) is 5.91 Å². The zero-order valence-corrected chi connectivity index (χ0v) is 14.8. The lowest BCUT2D eigenvalue weighted by atomic mass is 10.2. The third-order valence-corrected chi connectivity index (χ3v) is 5.29. The van der Waals surface area contributed by atoms with E-state index in [1.54, 1.807) is 18.0 Å². The largest absolute Gasteiger partial charge is 0.340 e. The van der Waals surface area contributed by atoms with Crippen LogP contribution in [0.3, 0.4) is 0 Å². The normalized spacial score (nSPS) is 12.0. The van der Waals surface area contributed by atoms with E-state index in [1.807, 2.05) is 37.3 Å². The van der Waals surface area contributed by atoms with Crippen molar-refractivity contribution in [3.8, 4) is 0 Å². The number of amides is 1. The Morgan fingerprint density at radius 3 is 2.68 bits per heavy atom. The second-order valence-corrected chi connectivity index (χ2v) is 7.25. The molecule has 0 bridgehead atoms. The molecule has 0 radical (unpaired) electrons. The summed E-state index contributed by atoms with van der Waals surface area (Å²) in [6.07, 6.45) is 0. The summed E-state index contributed by atoms with van der Waals surface area (Å²) in [4.78, 5) is 15.1. The van der Waals surface area contributed by atoms with Crippen molar-refractivity contribution >= 4 is 33.6 Å². The summed E-state index contributed by atoms with van der Waals surface area (Å²) in [5.41, 5.74) is 0.786. The van der Waals surface area contributed by atoms with Crippen LogP contribution in [0.2, 0.25) is 0 Å². The van der Waals surface area contributed by atoms with Crippen molar-refractivity contribution in [2.75, 3.05) is 7.05 Å². The number of thioether (sulfide) groups is 1. The lowest BCUT2D eigenvalue weighted by Gasteiger charge is -2.21. The summed E-state index contributed by atoms with van der Waals surface area (Å²) in [7, 11) is 1.74. The van der Waals surface area contributed by atoms with E-state index in [9.17, 15) is 9.18 Å². The molecular formula is C17H17BrFNOS. The third-order valence-electron chi connectivity index (χ3n) is 3.17. The van der Waals surface area contributed by atoms with Crippen LogP contribution in [-0.4, -0.2) is 23.1 Å². The lowest BCUT2D eigenvalue weighted by molar-refractivity contribution is -0.129. The zero-order valence-electron chi connectivity index (χ0n) is 12.4. The maximum absolute atomic E-state index is 13.2. The maximum atomic E-state index is 13.2. The van der Waals surface area contributed by atoms with Crippen molar-refractivity contribution in [3.05, 3.63) is 64.4 Å². The van der Waals surface area contributed by atoms with E-state index < -0.39 is 0 Å². The number of hydrogen-bond acceptors (Lipinski definition) is 2. The van der Waals surface area contributed by atoms with Gasteiger partial charge < -0.3 is 4.90 Å². The van der Waals surface area contributed by atoms with Crippen molar-refractivity contribution in [2.24, 2.45) is 0 Å². The van der Waals surface area contributed by atoms with Gasteiger partial charge in [0.05, 0.1) is 5.25 Å². The average molecular weight is 382 g/mol. The minimum Gasteiger partial charge on any atom is -0.340 e. The summed E-state index contributed by atoms with van der Waals surface area (Å²) in [5, 5.41) is -0.211. The first-order chi connectivity index (χ1) is 10.5. The molecule has 116 valence electrons. The molecule has 2 aromatic rings. The first kappa shape index (κ1) is 17.0. The Kier molecular flexibility index (Phi) is 6.03. The molecule has 5 heteroatoms. The molecule has 0 spiro atoms. The first-order valence-corrected chi connectivity index (χ1v) is 8.55. The molecular weight excluding hydrogens is 365 g/mol. The van der Waals surface area contributed by atoms with Crippen molar-refractivity contribution in [1.29, 1.82) is 0 Å². The van der Waals surface area contributed by atoms with Gasteiger partial charge in [0.15, 0.2) is 0 Å². The van der Waals surface area contributed by atoms with Gasteiger partial charge in [-0.15, -0.1) is 11.8 Å². The van der Waals surface area contributed by atoms with Gasteiger partial charge in [-0.1, -0.05) is 24.3 Å². The molecule has 0 heterocycles. The van der Waals surface area contributed by atoms with Crippen LogP contribution < -0.4 is 0 Å². The Labute approximate surface area is 142 Å². The van der Waals surface area contributed by atoms with Crippen molar-refractivity contribution in [2.45, 2.75) is 23.6 Å². The Morgan fingerprint density at radius 2 is 2.00 bits per heavy atom. The maximum Gasteiger partial charge on any atom is 0.235 e. The van der Waals surface area contributed by atoms with Gasteiger partial charge in [0, 0.05) is 23.0 Å². The summed E-state index contributed by atoms with van der Waals surface area (Å²) in [5.74, 6) is -0.265. The Bertz CT molecular complexity index is 665. The molecule has 0 fully saturated rings. The van der Waals surface area contributed by atoms with Crippen LogP contribution in [0.5, 0.6) is 0 Å². The van der Waals surface area contributed by atoms with E-state index in [0.29, 0.717) is 6.54 Å². The highest BCUT2D eigenvalue weighted by atomic mass is 79.9. The highest BCUT2D eigenvalue weighted by Gasteiger charge is 2.19. The molecule has 2 rings (SSSR count). The topological polar surface area (TPSA) is 20.3 Å². The predicted molar refractivity (Wildman–Crippen MR) is 92.3 cm³/mol. The number of hydrogen-bond donors (Lipinski definition) is 0. The van der Waals surface area contributed by atoms with Gasteiger partial charge in [-0.2, -0.15) is 0 Å². The van der Waals surface area contributed by atoms with Crippen LogP contribution in [0, 0.1) is 5.82 Å². The first-order valence-electron chi connectivity index (χ1n) is 6.88. The van der Waals surface area contributed by atoms with Crippen molar-refractivity contribution in [3.63, 3.8) is 0 Å². The van der Waals surface area contributed by atoms with E-state index in [1.165, 1.54) is 23.9 Å². The number of carbonyl (C=O) groups excluding carboxylic acids is 1. The number of benzene rings is 2. The molecule has 0 saturated heterocycles. The molecule has 2 aromatic carbocycles. The minimum absolute atomic E-state index is 0.0185. The van der Waals surface area contributed by atoms with Gasteiger partial charge in [-0.05, 0) is 52.7 Å². The fourth-order valence-corrected chi connectivity index (χ4v) is 3.64. The number of rotatable bonds is 5. The molecule has 2 nitrogen and oxygen atoms in total. The van der Waals surface area contributed by atoms with E-state index in [2.05, 4.69) is 15.9 Å². The van der Waals surface area contributed by atoms with E-state index in [0.717, 1.165) is 14.9 Å². The predicted octanol–water partition coefficient (Wildman–Crippen LogP) is 4.73. The van der Waals surface area contributed by atoms with E-state index >= 15 is 0 Å². The molecule has 0 aliphatic rings. The highest BCUT2D eigenvalue weighted by molar-refractivity contribution is 9.10. The highest BCUT2D eigenvalue weighted by Crippen LogP contribution is 2.31. The van der Waals surface area contributed by atoms with Crippen molar-refractivity contribution in [1.82, 2.24) is 4.90 Å². The molecule has 0 aliphatic carbocycles. The smallest absolute Gasteiger partial charge is 0.235 e. The van der Waals surface area contributed by atoms with Gasteiger partial charge in [-0.3, -0.25) is 4.79 Å². The van der Waals surface area contributed by atoms with Crippen LogP contribution in [0.25, 0.3) is 0 Å². The molecule has 0 N–H and O–H groups in total. The number of carbonyl (C=O) groups is 1. The lowest BCUT2D eigenvalue weighted by Crippen LogP contribution is -2.32. The second-order valence-electron chi connectivity index (χ2n) is 5.01. The molecule has 0 aromatic heterocycles. The fourth-order valence-electron chi connectivity index (χ4n) is 2.08. The second kappa shape index (κ2) is 7.79. The average Bonchev–Trinajstić information content (AvgIpc) is 2.48. The van der Waals surface area contributed by atoms with Gasteiger partial charge >= 0.3 is 0 Å². The zero-order chi connectivity index (χ0) is 16.1. The Morgan fingerprint density at radius 1 is 1.27 bits per heavy atom. The van der Waals surface area contributed by atoms with Crippen molar-refractivity contribution < 1.29 is 9.18 Å². The summed E-state index contributed by atoms with van der Waals surface area (Å²) < 4.78 is 14.2. The molecule has 1 unspecified atom stereocenters. The van der Waals surface area contributed by atoms with Crippen LogP contribution in [0.4, 0.5) is 4.39 Å². The Balaban J connectivity index is 1.99. The summed E-state index contributed by atoms with van der Waals surface area (Å²) >= 11 is 4.99. The Hall–Kier alpha value is -1.33. The molecule has 22 heavy (non-hydrogen) atoms. The molecule has 0 saturated carbocycles. The SMILES string of the molecule is CC(Sc1ccccc1Br)C(=O)N(C)Cc1cccc(F)c1. The van der Waals surface area contributed by atoms with Gasteiger partial charge in [0.1, 0.15) is 5.82 Å².